The maximum absolute atomic E-state index is 12.8. The van der Waals surface area contributed by atoms with Gasteiger partial charge in [-0.3, -0.25) is 9.69 Å². The standard InChI is InChI=1S/C26H26N2O4/c29-26(27-23(19-6-2-1-3-7-19)17-28-12-14-30-15-13-28)18-31-20-10-11-25-22(16-20)21-8-4-5-9-24(21)32-25/h1-11,16,23H,12-15,17-18H2,(H,27,29). The molecule has 6 nitrogen and oxygen atoms in total. The summed E-state index contributed by atoms with van der Waals surface area (Å²) in [4.78, 5) is 15.1. The van der Waals surface area contributed by atoms with Crippen molar-refractivity contribution >= 4 is 27.8 Å². The van der Waals surface area contributed by atoms with E-state index in [2.05, 4.69) is 10.2 Å². The van der Waals surface area contributed by atoms with Crippen LogP contribution in [0, 0.1) is 0 Å². The van der Waals surface area contributed by atoms with Crippen LogP contribution in [0.25, 0.3) is 21.9 Å². The number of furan rings is 1. The summed E-state index contributed by atoms with van der Waals surface area (Å²) in [5.74, 6) is 0.493. The van der Waals surface area contributed by atoms with Crippen molar-refractivity contribution in [3.63, 3.8) is 0 Å². The van der Waals surface area contributed by atoms with E-state index in [1.807, 2.05) is 72.8 Å². The number of benzene rings is 3. The van der Waals surface area contributed by atoms with Crippen LogP contribution in [0.2, 0.25) is 0 Å². The fourth-order valence-electron chi connectivity index (χ4n) is 4.14. The van der Waals surface area contributed by atoms with Gasteiger partial charge in [0.05, 0.1) is 19.3 Å². The van der Waals surface area contributed by atoms with E-state index in [1.54, 1.807) is 0 Å². The van der Waals surface area contributed by atoms with Gasteiger partial charge in [-0.25, -0.2) is 0 Å². The van der Waals surface area contributed by atoms with Gasteiger partial charge in [0.2, 0.25) is 0 Å². The van der Waals surface area contributed by atoms with Crippen LogP contribution in [0.15, 0.2) is 77.2 Å². The van der Waals surface area contributed by atoms with E-state index in [4.69, 9.17) is 13.9 Å². The highest BCUT2D eigenvalue weighted by Gasteiger charge is 2.20. The second-order valence-corrected chi connectivity index (χ2v) is 7.99. The first-order valence-corrected chi connectivity index (χ1v) is 10.9. The van der Waals surface area contributed by atoms with Gasteiger partial charge in [0.25, 0.3) is 5.91 Å². The molecule has 0 spiro atoms. The van der Waals surface area contributed by atoms with Crippen LogP contribution in [0.1, 0.15) is 11.6 Å². The van der Waals surface area contributed by atoms with E-state index in [0.29, 0.717) is 5.75 Å². The lowest BCUT2D eigenvalue weighted by molar-refractivity contribution is -0.124. The minimum absolute atomic E-state index is 0.0479. The summed E-state index contributed by atoms with van der Waals surface area (Å²) < 4.78 is 17.1. The van der Waals surface area contributed by atoms with Gasteiger partial charge < -0.3 is 19.2 Å². The number of morpholine rings is 1. The Morgan fingerprint density at radius 2 is 1.69 bits per heavy atom. The SMILES string of the molecule is O=C(COc1ccc2oc3ccccc3c2c1)NC(CN1CCOCC1)c1ccccc1. The zero-order chi connectivity index (χ0) is 21.8. The largest absolute Gasteiger partial charge is 0.484 e. The lowest BCUT2D eigenvalue weighted by Crippen LogP contribution is -2.44. The number of hydrogen-bond acceptors (Lipinski definition) is 5. The van der Waals surface area contributed by atoms with Crippen LogP contribution in [0.4, 0.5) is 0 Å². The van der Waals surface area contributed by atoms with Gasteiger partial charge in [-0.05, 0) is 29.8 Å². The van der Waals surface area contributed by atoms with Gasteiger partial charge in [0, 0.05) is 30.4 Å². The number of para-hydroxylation sites is 1. The van der Waals surface area contributed by atoms with Crippen molar-refractivity contribution < 1.29 is 18.7 Å². The van der Waals surface area contributed by atoms with Crippen molar-refractivity contribution in [3.8, 4) is 5.75 Å². The maximum atomic E-state index is 12.8. The van der Waals surface area contributed by atoms with E-state index in [-0.39, 0.29) is 18.6 Å². The summed E-state index contributed by atoms with van der Waals surface area (Å²) >= 11 is 0. The second kappa shape index (κ2) is 9.42. The van der Waals surface area contributed by atoms with Crippen LogP contribution in [-0.4, -0.2) is 50.3 Å². The Bertz CT molecular complexity index is 1200. The van der Waals surface area contributed by atoms with E-state index >= 15 is 0 Å². The summed E-state index contributed by atoms with van der Waals surface area (Å²) in [7, 11) is 0. The number of ether oxygens (including phenoxy) is 2. The molecule has 0 aliphatic carbocycles. The predicted molar refractivity (Wildman–Crippen MR) is 124 cm³/mol. The van der Waals surface area contributed by atoms with Crippen LogP contribution in [0.5, 0.6) is 5.75 Å². The van der Waals surface area contributed by atoms with Crippen molar-refractivity contribution in [1.29, 1.82) is 0 Å². The highest BCUT2D eigenvalue weighted by atomic mass is 16.5. The zero-order valence-electron chi connectivity index (χ0n) is 17.8. The molecule has 0 bridgehead atoms. The molecule has 3 aromatic carbocycles. The third kappa shape index (κ3) is 4.61. The zero-order valence-corrected chi connectivity index (χ0v) is 17.8. The molecule has 32 heavy (non-hydrogen) atoms. The molecule has 1 aliphatic heterocycles. The number of carbonyl (C=O) groups excluding carboxylic acids is 1. The summed E-state index contributed by atoms with van der Waals surface area (Å²) in [5.41, 5.74) is 2.72. The Balaban J connectivity index is 1.26. The predicted octanol–water partition coefficient (Wildman–Crippen LogP) is 4.15. The molecule has 164 valence electrons. The van der Waals surface area contributed by atoms with Gasteiger partial charge in [-0.2, -0.15) is 0 Å². The lowest BCUT2D eigenvalue weighted by Gasteiger charge is -2.31. The Hall–Kier alpha value is -3.35. The molecular formula is C26H26N2O4. The summed E-state index contributed by atoms with van der Waals surface area (Å²) in [5, 5.41) is 5.16. The van der Waals surface area contributed by atoms with Gasteiger partial charge >= 0.3 is 0 Å². The Kier molecular flexibility index (Phi) is 6.05. The van der Waals surface area contributed by atoms with Gasteiger partial charge in [0.15, 0.2) is 6.61 Å². The van der Waals surface area contributed by atoms with Crippen molar-refractivity contribution in [2.75, 3.05) is 39.5 Å². The molecule has 1 aliphatic rings. The van der Waals surface area contributed by atoms with Crippen LogP contribution in [0.3, 0.4) is 0 Å². The van der Waals surface area contributed by atoms with Crippen molar-refractivity contribution in [1.82, 2.24) is 10.2 Å². The minimum Gasteiger partial charge on any atom is -0.484 e. The monoisotopic (exact) mass is 430 g/mol. The maximum Gasteiger partial charge on any atom is 0.258 e. The lowest BCUT2D eigenvalue weighted by atomic mass is 10.1. The van der Waals surface area contributed by atoms with Gasteiger partial charge in [0.1, 0.15) is 16.9 Å². The summed E-state index contributed by atoms with van der Waals surface area (Å²) in [6.07, 6.45) is 0. The van der Waals surface area contributed by atoms with E-state index < -0.39 is 0 Å². The van der Waals surface area contributed by atoms with Crippen molar-refractivity contribution in [3.05, 3.63) is 78.4 Å². The molecule has 0 saturated carbocycles. The molecule has 6 heteroatoms. The molecule has 5 rings (SSSR count). The first-order chi connectivity index (χ1) is 15.8. The fourth-order valence-corrected chi connectivity index (χ4v) is 4.14. The third-order valence-electron chi connectivity index (χ3n) is 5.80. The number of rotatable bonds is 7. The Morgan fingerprint density at radius 3 is 2.53 bits per heavy atom. The molecule has 1 amide bonds. The molecule has 0 radical (unpaired) electrons. The average molecular weight is 431 g/mol. The van der Waals surface area contributed by atoms with Gasteiger partial charge in [-0.1, -0.05) is 48.5 Å². The molecule has 1 atom stereocenters. The molecule has 1 unspecified atom stereocenters. The van der Waals surface area contributed by atoms with Crippen LogP contribution >= 0.6 is 0 Å². The average Bonchev–Trinajstić information content (AvgIpc) is 3.21. The van der Waals surface area contributed by atoms with Crippen LogP contribution < -0.4 is 10.1 Å². The van der Waals surface area contributed by atoms with E-state index in [1.165, 1.54) is 0 Å². The minimum atomic E-state index is -0.149. The Morgan fingerprint density at radius 1 is 0.938 bits per heavy atom. The number of hydrogen-bond donors (Lipinski definition) is 1. The van der Waals surface area contributed by atoms with E-state index in [9.17, 15) is 4.79 Å². The first-order valence-electron chi connectivity index (χ1n) is 10.9. The number of fused-ring (bicyclic) bond motifs is 3. The molecule has 1 fully saturated rings. The topological polar surface area (TPSA) is 63.9 Å². The molecule has 1 saturated heterocycles. The number of carbonyl (C=O) groups is 1. The smallest absolute Gasteiger partial charge is 0.258 e. The highest BCUT2D eigenvalue weighted by Crippen LogP contribution is 2.31. The quantitative estimate of drug-likeness (QED) is 0.477. The Labute approximate surface area is 186 Å². The van der Waals surface area contributed by atoms with Gasteiger partial charge in [-0.15, -0.1) is 0 Å². The first kappa shape index (κ1) is 20.5. The molecule has 2 heterocycles. The summed E-state index contributed by atoms with van der Waals surface area (Å²) in [6.45, 7) is 3.88. The number of amides is 1. The summed E-state index contributed by atoms with van der Waals surface area (Å²) in [6, 6.07) is 23.5. The third-order valence-corrected chi connectivity index (χ3v) is 5.80. The number of nitrogens with zero attached hydrogens (tertiary/aromatic N) is 1. The normalized spacial score (nSPS) is 15.6. The second-order valence-electron chi connectivity index (χ2n) is 7.99. The number of nitrogens with one attached hydrogen (secondary N) is 1. The molecule has 1 aromatic heterocycles. The molecule has 4 aromatic rings. The van der Waals surface area contributed by atoms with E-state index in [0.717, 1.165) is 60.3 Å². The molecule has 1 N–H and O–H groups in total. The molecular weight excluding hydrogens is 404 g/mol. The fraction of sp³-hybridized carbons (Fsp3) is 0.269. The van der Waals surface area contributed by atoms with Crippen molar-refractivity contribution in [2.45, 2.75) is 6.04 Å². The van der Waals surface area contributed by atoms with Crippen molar-refractivity contribution in [2.24, 2.45) is 0 Å². The highest BCUT2D eigenvalue weighted by molar-refractivity contribution is 6.05. The van der Waals surface area contributed by atoms with Crippen LogP contribution in [-0.2, 0) is 9.53 Å².